The molecule has 16 heavy (non-hydrogen) atoms. The summed E-state index contributed by atoms with van der Waals surface area (Å²) in [6.07, 6.45) is 12.2. The van der Waals surface area contributed by atoms with Crippen LogP contribution in [0.3, 0.4) is 0 Å². The third-order valence-corrected chi connectivity index (χ3v) is 3.82. The minimum absolute atomic E-state index is 0. The molecule has 0 saturated carbocycles. The molecule has 2 unspecified atom stereocenters. The fourth-order valence-electron chi connectivity index (χ4n) is 1.24. The van der Waals surface area contributed by atoms with Crippen LogP contribution in [0.5, 0.6) is 0 Å². The molecule has 0 aromatic rings. The van der Waals surface area contributed by atoms with Crippen LogP contribution in [-0.2, 0) is 19.3 Å². The quantitative estimate of drug-likeness (QED) is 0.752. The van der Waals surface area contributed by atoms with E-state index in [0.29, 0.717) is 0 Å². The van der Waals surface area contributed by atoms with Gasteiger partial charge >= 0.3 is 0 Å². The SMILES string of the molecule is O=S(=O)(C1C=CC=CO1)C1C=CC=CO1.S. The van der Waals surface area contributed by atoms with Gasteiger partial charge in [-0.2, -0.15) is 13.5 Å². The molecule has 2 rings (SSSR count). The van der Waals surface area contributed by atoms with Gasteiger partial charge in [-0.1, -0.05) is 12.2 Å². The minimum atomic E-state index is -3.51. The van der Waals surface area contributed by atoms with Crippen molar-refractivity contribution in [1.82, 2.24) is 0 Å². The molecule has 88 valence electrons. The second-order valence-corrected chi connectivity index (χ2v) is 5.13. The highest BCUT2D eigenvalue weighted by Gasteiger charge is 2.34. The summed E-state index contributed by atoms with van der Waals surface area (Å²) in [7, 11) is -3.51. The first-order chi connectivity index (χ1) is 7.21. The third-order valence-electron chi connectivity index (χ3n) is 1.99. The maximum absolute atomic E-state index is 11.9. The minimum Gasteiger partial charge on any atom is -0.478 e. The molecule has 4 nitrogen and oxygen atoms in total. The Morgan fingerprint density at radius 2 is 1.25 bits per heavy atom. The van der Waals surface area contributed by atoms with E-state index in [0.717, 1.165) is 0 Å². The number of allylic oxidation sites excluding steroid dienone is 4. The summed E-state index contributed by atoms with van der Waals surface area (Å²) in [4.78, 5) is 0. The fourth-order valence-corrected chi connectivity index (χ4v) is 2.56. The van der Waals surface area contributed by atoms with E-state index < -0.39 is 20.7 Å². The van der Waals surface area contributed by atoms with Crippen molar-refractivity contribution in [1.29, 1.82) is 0 Å². The van der Waals surface area contributed by atoms with Crippen LogP contribution in [0.25, 0.3) is 0 Å². The Kier molecular flexibility index (Phi) is 4.26. The van der Waals surface area contributed by atoms with Crippen LogP contribution in [0.4, 0.5) is 0 Å². The van der Waals surface area contributed by atoms with Gasteiger partial charge < -0.3 is 9.47 Å². The molecule has 0 fully saturated rings. The molecule has 0 radical (unpaired) electrons. The molecule has 2 heterocycles. The standard InChI is InChI=1S/C10H10O4S.H2S/c11-15(12,9-5-1-3-7-13-9)10-6-2-4-8-14-10;/h1-10H;1H2. The smallest absolute Gasteiger partial charge is 0.233 e. The number of hydrogen-bond acceptors (Lipinski definition) is 4. The second kappa shape index (κ2) is 5.27. The highest BCUT2D eigenvalue weighted by atomic mass is 32.2. The molecule has 2 aliphatic heterocycles. The molecule has 0 N–H and O–H groups in total. The predicted molar refractivity (Wildman–Crippen MR) is 65.6 cm³/mol. The molecule has 0 saturated heterocycles. The van der Waals surface area contributed by atoms with E-state index in [9.17, 15) is 8.42 Å². The van der Waals surface area contributed by atoms with Crippen LogP contribution in [0, 0.1) is 0 Å². The van der Waals surface area contributed by atoms with Crippen molar-refractivity contribution in [2.24, 2.45) is 0 Å². The van der Waals surface area contributed by atoms with E-state index >= 15 is 0 Å². The Hall–Kier alpha value is -1.14. The van der Waals surface area contributed by atoms with E-state index in [1.807, 2.05) is 0 Å². The highest BCUT2D eigenvalue weighted by Crippen LogP contribution is 2.19. The van der Waals surface area contributed by atoms with Gasteiger partial charge in [-0.25, -0.2) is 8.42 Å². The van der Waals surface area contributed by atoms with Crippen molar-refractivity contribution >= 4 is 23.3 Å². The van der Waals surface area contributed by atoms with Gasteiger partial charge in [0.2, 0.25) is 20.7 Å². The van der Waals surface area contributed by atoms with Crippen LogP contribution < -0.4 is 0 Å². The number of ether oxygens (including phenoxy) is 2. The summed E-state index contributed by atoms with van der Waals surface area (Å²) >= 11 is 0. The Balaban J connectivity index is 0.00000128. The van der Waals surface area contributed by atoms with Gasteiger partial charge in [0.25, 0.3) is 0 Å². The summed E-state index contributed by atoms with van der Waals surface area (Å²) in [5.41, 5.74) is -1.94. The molecular formula is C10H12O4S2. The second-order valence-electron chi connectivity index (χ2n) is 3.02. The van der Waals surface area contributed by atoms with Gasteiger partial charge in [0.05, 0.1) is 12.5 Å². The summed E-state index contributed by atoms with van der Waals surface area (Å²) in [5.74, 6) is 0. The zero-order valence-electron chi connectivity index (χ0n) is 8.31. The van der Waals surface area contributed by atoms with Crippen molar-refractivity contribution in [2.75, 3.05) is 0 Å². The molecule has 0 bridgehead atoms. The van der Waals surface area contributed by atoms with Crippen LogP contribution in [-0.4, -0.2) is 19.3 Å². The molecule has 0 spiro atoms. The Bertz CT molecular complexity index is 409. The van der Waals surface area contributed by atoms with Crippen LogP contribution in [0.1, 0.15) is 0 Å². The van der Waals surface area contributed by atoms with Gasteiger partial charge in [0, 0.05) is 0 Å². The lowest BCUT2D eigenvalue weighted by Crippen LogP contribution is -2.32. The largest absolute Gasteiger partial charge is 0.478 e. The maximum Gasteiger partial charge on any atom is 0.233 e. The lowest BCUT2D eigenvalue weighted by atomic mass is 10.4. The highest BCUT2D eigenvalue weighted by molar-refractivity contribution is 7.92. The van der Waals surface area contributed by atoms with Crippen molar-refractivity contribution in [3.63, 3.8) is 0 Å². The molecule has 0 amide bonds. The summed E-state index contributed by atoms with van der Waals surface area (Å²) < 4.78 is 33.8. The normalized spacial score (nSPS) is 26.8. The number of sulfone groups is 1. The van der Waals surface area contributed by atoms with Gasteiger partial charge in [0.15, 0.2) is 0 Å². The molecule has 0 aliphatic carbocycles. The number of rotatable bonds is 2. The van der Waals surface area contributed by atoms with E-state index in [2.05, 4.69) is 0 Å². The Labute approximate surface area is 101 Å². The topological polar surface area (TPSA) is 52.6 Å². The zero-order valence-corrected chi connectivity index (χ0v) is 10.1. The van der Waals surface area contributed by atoms with Crippen LogP contribution >= 0.6 is 13.5 Å². The van der Waals surface area contributed by atoms with E-state index in [-0.39, 0.29) is 13.5 Å². The van der Waals surface area contributed by atoms with Crippen LogP contribution in [0.2, 0.25) is 0 Å². The molecule has 0 aromatic carbocycles. The molecule has 2 atom stereocenters. The third kappa shape index (κ3) is 2.51. The zero-order chi connectivity index (χ0) is 10.7. The Morgan fingerprint density at radius 3 is 1.56 bits per heavy atom. The van der Waals surface area contributed by atoms with Gasteiger partial charge in [-0.15, -0.1) is 0 Å². The number of hydrogen-bond donors (Lipinski definition) is 0. The predicted octanol–water partition coefficient (Wildman–Crippen LogP) is 1.37. The first kappa shape index (κ1) is 12.9. The van der Waals surface area contributed by atoms with Gasteiger partial charge in [0.1, 0.15) is 0 Å². The first-order valence-corrected chi connectivity index (χ1v) is 6.02. The molecule has 6 heteroatoms. The molecule has 0 aromatic heterocycles. The van der Waals surface area contributed by atoms with Gasteiger partial charge in [-0.3, -0.25) is 0 Å². The summed E-state index contributed by atoms with van der Waals surface area (Å²) in [6.45, 7) is 0. The summed E-state index contributed by atoms with van der Waals surface area (Å²) in [6, 6.07) is 0. The van der Waals surface area contributed by atoms with E-state index in [4.69, 9.17) is 9.47 Å². The monoisotopic (exact) mass is 260 g/mol. The van der Waals surface area contributed by atoms with E-state index in [1.165, 1.54) is 24.7 Å². The molecular weight excluding hydrogens is 248 g/mol. The van der Waals surface area contributed by atoms with E-state index in [1.54, 1.807) is 24.3 Å². The van der Waals surface area contributed by atoms with Crippen molar-refractivity contribution in [2.45, 2.75) is 10.9 Å². The first-order valence-electron chi connectivity index (χ1n) is 4.41. The van der Waals surface area contributed by atoms with Crippen molar-refractivity contribution in [3.05, 3.63) is 49.0 Å². The Morgan fingerprint density at radius 1 is 0.812 bits per heavy atom. The van der Waals surface area contributed by atoms with Crippen molar-refractivity contribution < 1.29 is 17.9 Å². The molecule has 2 aliphatic rings. The lowest BCUT2D eigenvalue weighted by molar-refractivity contribution is 0.213. The van der Waals surface area contributed by atoms with Crippen LogP contribution in [0.15, 0.2) is 49.0 Å². The lowest BCUT2D eigenvalue weighted by Gasteiger charge is -2.21. The average molecular weight is 260 g/mol. The summed E-state index contributed by atoms with van der Waals surface area (Å²) in [5, 5.41) is 0. The van der Waals surface area contributed by atoms with Crippen molar-refractivity contribution in [3.8, 4) is 0 Å². The van der Waals surface area contributed by atoms with Gasteiger partial charge in [-0.05, 0) is 24.3 Å². The average Bonchev–Trinajstić information content (AvgIpc) is 2.31. The fraction of sp³-hybridized carbons (Fsp3) is 0.200. The maximum atomic E-state index is 11.9.